The van der Waals surface area contributed by atoms with E-state index >= 15 is 0 Å². The van der Waals surface area contributed by atoms with E-state index in [4.69, 9.17) is 4.74 Å². The quantitative estimate of drug-likeness (QED) is 0.865. The van der Waals surface area contributed by atoms with Crippen LogP contribution >= 0.6 is 12.4 Å². The minimum atomic E-state index is 0. The molecule has 1 amide bonds. The van der Waals surface area contributed by atoms with E-state index < -0.39 is 0 Å². The van der Waals surface area contributed by atoms with Crippen molar-refractivity contribution in [1.82, 2.24) is 10.2 Å². The molecular weight excluding hydrogens is 312 g/mol. The molecule has 0 bridgehead atoms. The van der Waals surface area contributed by atoms with Crippen molar-refractivity contribution in [3.05, 3.63) is 29.3 Å². The third-order valence-corrected chi connectivity index (χ3v) is 4.24. The molecule has 1 N–H and O–H groups in total. The summed E-state index contributed by atoms with van der Waals surface area (Å²) in [5.41, 5.74) is 2.38. The van der Waals surface area contributed by atoms with Crippen molar-refractivity contribution in [3.8, 4) is 5.75 Å². The number of likely N-dealkylation sites (tertiary alicyclic amines) is 1. The summed E-state index contributed by atoms with van der Waals surface area (Å²) in [4.78, 5) is 14.2. The van der Waals surface area contributed by atoms with Crippen molar-refractivity contribution in [1.29, 1.82) is 0 Å². The van der Waals surface area contributed by atoms with Crippen LogP contribution in [-0.4, -0.2) is 44.1 Å². The molecule has 1 saturated heterocycles. The number of amides is 1. The van der Waals surface area contributed by atoms with Gasteiger partial charge >= 0.3 is 0 Å². The zero-order valence-electron chi connectivity index (χ0n) is 14.4. The van der Waals surface area contributed by atoms with Gasteiger partial charge in [0.05, 0.1) is 13.0 Å². The maximum atomic E-state index is 12.2. The van der Waals surface area contributed by atoms with Gasteiger partial charge in [-0.25, -0.2) is 0 Å². The summed E-state index contributed by atoms with van der Waals surface area (Å²) in [5, 5.41) is 3.22. The second-order valence-electron chi connectivity index (χ2n) is 6.30. The van der Waals surface area contributed by atoms with Gasteiger partial charge in [0.15, 0.2) is 0 Å². The standard InChI is InChI=1S/C18H28N2O2.ClH/c1-14-10-15(2)12-17(11-14)22-9-6-18(21)20-7-4-16(5-8-20)13-19-3;/h10-12,16,19H,4-9,13H2,1-3H3;1H. The molecular formula is C18H29ClN2O2. The maximum Gasteiger partial charge on any atom is 0.225 e. The molecule has 1 aromatic rings. The number of aryl methyl sites for hydroxylation is 2. The van der Waals surface area contributed by atoms with E-state index in [2.05, 4.69) is 25.2 Å². The number of piperidine rings is 1. The molecule has 1 aromatic carbocycles. The Morgan fingerprint density at radius 3 is 2.39 bits per heavy atom. The number of rotatable bonds is 6. The second kappa shape index (κ2) is 9.78. The van der Waals surface area contributed by atoms with Crippen LogP contribution in [0.4, 0.5) is 0 Å². The Hall–Kier alpha value is -1.26. The van der Waals surface area contributed by atoms with Gasteiger partial charge in [-0.05, 0) is 69.5 Å². The molecule has 2 rings (SSSR count). The number of carbonyl (C=O) groups excluding carboxylic acids is 1. The van der Waals surface area contributed by atoms with Gasteiger partial charge in [0.25, 0.3) is 0 Å². The first-order chi connectivity index (χ1) is 10.6. The van der Waals surface area contributed by atoms with E-state index in [0.29, 0.717) is 18.9 Å². The molecule has 0 unspecified atom stereocenters. The predicted octanol–water partition coefficient (Wildman–Crippen LogP) is 2.95. The average molecular weight is 341 g/mol. The van der Waals surface area contributed by atoms with Crippen molar-refractivity contribution >= 4 is 18.3 Å². The molecule has 5 heteroatoms. The number of benzene rings is 1. The van der Waals surface area contributed by atoms with Crippen LogP contribution in [0.2, 0.25) is 0 Å². The number of nitrogens with zero attached hydrogens (tertiary/aromatic N) is 1. The number of carbonyl (C=O) groups is 1. The Morgan fingerprint density at radius 2 is 1.83 bits per heavy atom. The molecule has 23 heavy (non-hydrogen) atoms. The Bertz CT molecular complexity index is 480. The van der Waals surface area contributed by atoms with Gasteiger partial charge in [0.1, 0.15) is 5.75 Å². The molecule has 1 aliphatic rings. The molecule has 0 aromatic heterocycles. The Kier molecular flexibility index (Phi) is 8.42. The van der Waals surface area contributed by atoms with Crippen molar-refractivity contribution in [2.45, 2.75) is 33.1 Å². The van der Waals surface area contributed by atoms with Crippen LogP contribution in [0.25, 0.3) is 0 Å². The molecule has 0 saturated carbocycles. The van der Waals surface area contributed by atoms with Gasteiger partial charge in [-0.15, -0.1) is 12.4 Å². The number of hydrogen-bond donors (Lipinski definition) is 1. The van der Waals surface area contributed by atoms with Crippen molar-refractivity contribution in [3.63, 3.8) is 0 Å². The normalized spacial score (nSPS) is 15.2. The van der Waals surface area contributed by atoms with E-state index in [-0.39, 0.29) is 18.3 Å². The summed E-state index contributed by atoms with van der Waals surface area (Å²) >= 11 is 0. The Morgan fingerprint density at radius 1 is 1.22 bits per heavy atom. The van der Waals surface area contributed by atoms with E-state index in [9.17, 15) is 4.79 Å². The first-order valence-corrected chi connectivity index (χ1v) is 8.22. The third-order valence-electron chi connectivity index (χ3n) is 4.24. The minimum absolute atomic E-state index is 0. The van der Waals surface area contributed by atoms with Crippen LogP contribution in [0.3, 0.4) is 0 Å². The zero-order valence-corrected chi connectivity index (χ0v) is 15.2. The number of halogens is 1. The highest BCUT2D eigenvalue weighted by Gasteiger charge is 2.21. The lowest BCUT2D eigenvalue weighted by atomic mass is 9.97. The van der Waals surface area contributed by atoms with Crippen molar-refractivity contribution < 1.29 is 9.53 Å². The molecule has 130 valence electrons. The summed E-state index contributed by atoms with van der Waals surface area (Å²) in [5.74, 6) is 1.78. The lowest BCUT2D eigenvalue weighted by molar-refractivity contribution is -0.133. The lowest BCUT2D eigenvalue weighted by Gasteiger charge is -2.32. The van der Waals surface area contributed by atoms with Crippen molar-refractivity contribution in [2.24, 2.45) is 5.92 Å². The fraction of sp³-hybridized carbons (Fsp3) is 0.611. The smallest absolute Gasteiger partial charge is 0.225 e. The highest BCUT2D eigenvalue weighted by molar-refractivity contribution is 5.85. The molecule has 0 radical (unpaired) electrons. The SMILES string of the molecule is CNCC1CCN(C(=O)CCOc2cc(C)cc(C)c2)CC1.Cl. The summed E-state index contributed by atoms with van der Waals surface area (Å²) < 4.78 is 5.73. The maximum absolute atomic E-state index is 12.2. The number of hydrogen-bond acceptors (Lipinski definition) is 3. The third kappa shape index (κ3) is 6.40. The first kappa shape index (κ1) is 19.8. The molecule has 1 aliphatic heterocycles. The molecule has 4 nitrogen and oxygen atoms in total. The first-order valence-electron chi connectivity index (χ1n) is 8.22. The van der Waals surface area contributed by atoms with Crippen LogP contribution in [0.1, 0.15) is 30.4 Å². The van der Waals surface area contributed by atoms with E-state index in [1.165, 1.54) is 11.1 Å². The summed E-state index contributed by atoms with van der Waals surface area (Å²) in [6, 6.07) is 6.15. The van der Waals surface area contributed by atoms with Crippen LogP contribution in [0, 0.1) is 19.8 Å². The number of ether oxygens (including phenoxy) is 1. The Labute approximate surface area is 146 Å². The van der Waals surface area contributed by atoms with E-state index in [0.717, 1.165) is 38.2 Å². The lowest BCUT2D eigenvalue weighted by Crippen LogP contribution is -2.40. The monoisotopic (exact) mass is 340 g/mol. The van der Waals surface area contributed by atoms with Crippen LogP contribution in [-0.2, 0) is 4.79 Å². The fourth-order valence-corrected chi connectivity index (χ4v) is 3.11. The summed E-state index contributed by atoms with van der Waals surface area (Å²) in [7, 11) is 1.99. The molecule has 1 fully saturated rings. The average Bonchev–Trinajstić information content (AvgIpc) is 2.47. The topological polar surface area (TPSA) is 41.6 Å². The highest BCUT2D eigenvalue weighted by atomic mass is 35.5. The second-order valence-corrected chi connectivity index (χ2v) is 6.30. The van der Waals surface area contributed by atoms with Gasteiger partial charge in [-0.2, -0.15) is 0 Å². The fourth-order valence-electron chi connectivity index (χ4n) is 3.11. The highest BCUT2D eigenvalue weighted by Crippen LogP contribution is 2.18. The molecule has 1 heterocycles. The van der Waals surface area contributed by atoms with Gasteiger partial charge in [-0.1, -0.05) is 6.07 Å². The van der Waals surface area contributed by atoms with Gasteiger partial charge in [0.2, 0.25) is 5.91 Å². The van der Waals surface area contributed by atoms with E-state index in [1.807, 2.05) is 24.1 Å². The van der Waals surface area contributed by atoms with Crippen LogP contribution in [0.15, 0.2) is 18.2 Å². The largest absolute Gasteiger partial charge is 0.493 e. The van der Waals surface area contributed by atoms with Gasteiger partial charge in [0, 0.05) is 13.1 Å². The molecule has 0 aliphatic carbocycles. The van der Waals surface area contributed by atoms with Crippen molar-refractivity contribution in [2.75, 3.05) is 33.3 Å². The van der Waals surface area contributed by atoms with Crippen LogP contribution < -0.4 is 10.1 Å². The van der Waals surface area contributed by atoms with Gasteiger partial charge < -0.3 is 15.0 Å². The molecule has 0 spiro atoms. The Balaban J connectivity index is 0.00000264. The summed E-state index contributed by atoms with van der Waals surface area (Å²) in [6.45, 7) is 7.39. The minimum Gasteiger partial charge on any atom is -0.493 e. The molecule has 0 atom stereocenters. The summed E-state index contributed by atoms with van der Waals surface area (Å²) in [6.07, 6.45) is 2.67. The number of nitrogens with one attached hydrogen (secondary N) is 1. The zero-order chi connectivity index (χ0) is 15.9. The van der Waals surface area contributed by atoms with Gasteiger partial charge in [-0.3, -0.25) is 4.79 Å². The van der Waals surface area contributed by atoms with E-state index in [1.54, 1.807) is 0 Å². The van der Waals surface area contributed by atoms with Crippen LogP contribution in [0.5, 0.6) is 5.75 Å². The predicted molar refractivity (Wildman–Crippen MR) is 96.5 cm³/mol.